The standard InChI is InChI=1S/C24H35N3O4/c25-23(30)18-6-2-5-17(11-18)19-12-20-7-8-21(13-19)27(20)10-9-26(14-16-3-1-4-16)24(31)22(29)15-28/h2,5-6,11,16,19-22,28-29H,1,3-4,7-10,12-15H2,(H2,25,30)/t19-,20+,21-,22-/m1/s1. The zero-order chi connectivity index (χ0) is 22.0. The lowest BCUT2D eigenvalue weighted by Gasteiger charge is -2.41. The summed E-state index contributed by atoms with van der Waals surface area (Å²) in [5.74, 6) is 0.218. The van der Waals surface area contributed by atoms with Crippen molar-refractivity contribution in [3.63, 3.8) is 0 Å². The molecule has 2 heterocycles. The van der Waals surface area contributed by atoms with E-state index in [0.29, 0.717) is 42.6 Å². The SMILES string of the molecule is NC(=O)c1cccc([C@H]2C[C@H]3CC[C@@H](C2)N3CCN(CC2CCC2)C(=O)[C@H](O)CO)c1. The van der Waals surface area contributed by atoms with Gasteiger partial charge in [-0.25, -0.2) is 0 Å². The number of hydrogen-bond acceptors (Lipinski definition) is 5. The average Bonchev–Trinajstić information content (AvgIpc) is 2.98. The second-order valence-corrected chi connectivity index (χ2v) is 9.56. The maximum absolute atomic E-state index is 12.6. The Kier molecular flexibility index (Phi) is 6.94. The van der Waals surface area contributed by atoms with Gasteiger partial charge < -0.3 is 20.8 Å². The summed E-state index contributed by atoms with van der Waals surface area (Å²) in [6.07, 6.45) is 6.59. The van der Waals surface area contributed by atoms with Gasteiger partial charge in [0.1, 0.15) is 0 Å². The molecule has 0 aromatic heterocycles. The van der Waals surface area contributed by atoms with Crippen LogP contribution >= 0.6 is 0 Å². The topological polar surface area (TPSA) is 107 Å². The van der Waals surface area contributed by atoms with Crippen molar-refractivity contribution in [1.82, 2.24) is 9.80 Å². The van der Waals surface area contributed by atoms with Crippen LogP contribution in [-0.2, 0) is 4.79 Å². The number of carbonyl (C=O) groups is 2. The Morgan fingerprint density at radius 2 is 1.87 bits per heavy atom. The molecule has 0 spiro atoms. The monoisotopic (exact) mass is 429 g/mol. The lowest BCUT2D eigenvalue weighted by Crippen LogP contribution is -2.50. The van der Waals surface area contributed by atoms with Crippen LogP contribution < -0.4 is 5.73 Å². The summed E-state index contributed by atoms with van der Waals surface area (Å²) in [6.45, 7) is 1.56. The zero-order valence-electron chi connectivity index (χ0n) is 18.2. The molecule has 1 aliphatic carbocycles. The Bertz CT molecular complexity index is 783. The molecular weight excluding hydrogens is 394 g/mol. The molecule has 2 saturated heterocycles. The minimum Gasteiger partial charge on any atom is -0.393 e. The van der Waals surface area contributed by atoms with Gasteiger partial charge in [0.25, 0.3) is 5.91 Å². The highest BCUT2D eigenvalue weighted by Gasteiger charge is 2.41. The van der Waals surface area contributed by atoms with E-state index in [1.807, 2.05) is 12.1 Å². The molecule has 0 unspecified atom stereocenters. The molecule has 1 saturated carbocycles. The number of carbonyl (C=O) groups excluding carboxylic acids is 2. The van der Waals surface area contributed by atoms with Crippen molar-refractivity contribution in [2.45, 2.75) is 69.1 Å². The van der Waals surface area contributed by atoms with Gasteiger partial charge in [0, 0.05) is 37.3 Å². The Labute approximate surface area is 184 Å². The third-order valence-electron chi connectivity index (χ3n) is 7.63. The number of nitrogens with zero attached hydrogens (tertiary/aromatic N) is 2. The van der Waals surface area contributed by atoms with Gasteiger partial charge >= 0.3 is 0 Å². The van der Waals surface area contributed by atoms with E-state index in [9.17, 15) is 19.8 Å². The van der Waals surface area contributed by atoms with E-state index in [-0.39, 0.29) is 11.8 Å². The van der Waals surface area contributed by atoms with Crippen LogP contribution in [0.4, 0.5) is 0 Å². The first-order chi connectivity index (χ1) is 15.0. The Morgan fingerprint density at radius 1 is 1.16 bits per heavy atom. The molecular formula is C24H35N3O4. The van der Waals surface area contributed by atoms with E-state index in [1.54, 1.807) is 11.0 Å². The first-order valence-corrected chi connectivity index (χ1v) is 11.7. The van der Waals surface area contributed by atoms with E-state index in [1.165, 1.54) is 12.0 Å². The van der Waals surface area contributed by atoms with Crippen LogP contribution in [0, 0.1) is 5.92 Å². The van der Waals surface area contributed by atoms with Gasteiger partial charge in [0.15, 0.2) is 6.10 Å². The van der Waals surface area contributed by atoms with Crippen LogP contribution in [0.25, 0.3) is 0 Å². The number of primary amides is 1. The fourth-order valence-corrected chi connectivity index (χ4v) is 5.66. The highest BCUT2D eigenvalue weighted by Crippen LogP contribution is 2.43. The highest BCUT2D eigenvalue weighted by molar-refractivity contribution is 5.92. The van der Waals surface area contributed by atoms with Crippen LogP contribution in [-0.4, -0.2) is 76.3 Å². The van der Waals surface area contributed by atoms with Crippen molar-refractivity contribution < 1.29 is 19.8 Å². The molecule has 3 aliphatic rings. The molecule has 2 bridgehead atoms. The Morgan fingerprint density at radius 3 is 2.45 bits per heavy atom. The molecule has 7 heteroatoms. The predicted octanol–water partition coefficient (Wildman–Crippen LogP) is 1.48. The second-order valence-electron chi connectivity index (χ2n) is 9.56. The van der Waals surface area contributed by atoms with Crippen molar-refractivity contribution in [3.8, 4) is 0 Å². The van der Waals surface area contributed by atoms with Crippen LogP contribution in [0.2, 0.25) is 0 Å². The largest absolute Gasteiger partial charge is 0.393 e. The van der Waals surface area contributed by atoms with E-state index < -0.39 is 12.7 Å². The molecule has 0 radical (unpaired) electrons. The number of rotatable bonds is 9. The average molecular weight is 430 g/mol. The fourth-order valence-electron chi connectivity index (χ4n) is 5.66. The Balaban J connectivity index is 1.38. The molecule has 4 N–H and O–H groups in total. The second kappa shape index (κ2) is 9.67. The van der Waals surface area contributed by atoms with Gasteiger partial charge in [-0.05, 0) is 68.1 Å². The minimum atomic E-state index is -1.32. The molecule has 7 nitrogen and oxygen atoms in total. The van der Waals surface area contributed by atoms with Gasteiger partial charge in [-0.15, -0.1) is 0 Å². The van der Waals surface area contributed by atoms with Gasteiger partial charge in [-0.2, -0.15) is 0 Å². The number of piperidine rings is 1. The zero-order valence-corrected chi connectivity index (χ0v) is 18.2. The highest BCUT2D eigenvalue weighted by atomic mass is 16.3. The molecule has 4 atom stereocenters. The minimum absolute atomic E-state index is 0.347. The molecule has 2 aliphatic heterocycles. The van der Waals surface area contributed by atoms with E-state index in [0.717, 1.165) is 45.1 Å². The number of fused-ring (bicyclic) bond motifs is 2. The molecule has 1 aromatic rings. The lowest BCUT2D eigenvalue weighted by atomic mass is 9.84. The summed E-state index contributed by atoms with van der Waals surface area (Å²) in [5, 5.41) is 19.1. The molecule has 1 aromatic carbocycles. The summed E-state index contributed by atoms with van der Waals surface area (Å²) in [7, 11) is 0. The first-order valence-electron chi connectivity index (χ1n) is 11.7. The van der Waals surface area contributed by atoms with Gasteiger partial charge in [0.2, 0.25) is 5.91 Å². The van der Waals surface area contributed by atoms with Crippen LogP contribution in [0.5, 0.6) is 0 Å². The van der Waals surface area contributed by atoms with Gasteiger partial charge in [-0.1, -0.05) is 18.6 Å². The third-order valence-corrected chi connectivity index (χ3v) is 7.63. The fraction of sp³-hybridized carbons (Fsp3) is 0.667. The van der Waals surface area contributed by atoms with E-state index in [4.69, 9.17) is 5.73 Å². The summed E-state index contributed by atoms with van der Waals surface area (Å²) < 4.78 is 0. The first kappa shape index (κ1) is 22.2. The molecule has 2 amide bonds. The van der Waals surface area contributed by atoms with Crippen LogP contribution in [0.1, 0.15) is 66.8 Å². The smallest absolute Gasteiger partial charge is 0.253 e. The summed E-state index contributed by atoms with van der Waals surface area (Å²) in [5.41, 5.74) is 7.22. The third kappa shape index (κ3) is 4.94. The number of hydrogen-bond donors (Lipinski definition) is 3. The van der Waals surface area contributed by atoms with E-state index >= 15 is 0 Å². The Hall–Kier alpha value is -1.96. The van der Waals surface area contributed by atoms with Crippen molar-refractivity contribution >= 4 is 11.8 Å². The quantitative estimate of drug-likeness (QED) is 0.551. The number of amides is 2. The van der Waals surface area contributed by atoms with Crippen molar-refractivity contribution in [2.24, 2.45) is 11.7 Å². The number of aliphatic hydroxyl groups is 2. The maximum atomic E-state index is 12.6. The number of benzene rings is 1. The van der Waals surface area contributed by atoms with Crippen LogP contribution in [0.3, 0.4) is 0 Å². The van der Waals surface area contributed by atoms with Crippen LogP contribution in [0.15, 0.2) is 24.3 Å². The molecule has 4 rings (SSSR count). The summed E-state index contributed by atoms with van der Waals surface area (Å²) in [6, 6.07) is 8.68. The predicted molar refractivity (Wildman–Crippen MR) is 117 cm³/mol. The van der Waals surface area contributed by atoms with Crippen molar-refractivity contribution in [1.29, 1.82) is 0 Å². The van der Waals surface area contributed by atoms with Gasteiger partial charge in [-0.3, -0.25) is 14.5 Å². The summed E-state index contributed by atoms with van der Waals surface area (Å²) >= 11 is 0. The number of aliphatic hydroxyl groups excluding tert-OH is 2. The lowest BCUT2D eigenvalue weighted by molar-refractivity contribution is -0.143. The van der Waals surface area contributed by atoms with Crippen molar-refractivity contribution in [2.75, 3.05) is 26.2 Å². The van der Waals surface area contributed by atoms with Gasteiger partial charge in [0.05, 0.1) is 6.61 Å². The van der Waals surface area contributed by atoms with Crippen molar-refractivity contribution in [3.05, 3.63) is 35.4 Å². The maximum Gasteiger partial charge on any atom is 0.253 e. The molecule has 170 valence electrons. The molecule has 31 heavy (non-hydrogen) atoms. The molecule has 3 fully saturated rings. The number of nitrogens with two attached hydrogens (primary N) is 1. The normalized spacial score (nSPS) is 27.0. The van der Waals surface area contributed by atoms with E-state index in [2.05, 4.69) is 11.0 Å². The summed E-state index contributed by atoms with van der Waals surface area (Å²) in [4.78, 5) is 28.5.